The van der Waals surface area contributed by atoms with Gasteiger partial charge in [-0.05, 0) is 23.8 Å². The molecule has 2 unspecified atom stereocenters. The Hall–Kier alpha value is -3.46. The van der Waals surface area contributed by atoms with Gasteiger partial charge >= 0.3 is 0 Å². The molecule has 0 amide bonds. The molecule has 122 valence electrons. The van der Waals surface area contributed by atoms with Crippen LogP contribution in [-0.2, 0) is 0 Å². The SMILES string of the molecule is CC(=O)n1c2c(c3ccccc31)OC(=N)C(C#N)C2c1cccnc1. The van der Waals surface area contributed by atoms with Crippen LogP contribution in [0, 0.1) is 22.7 Å². The van der Waals surface area contributed by atoms with E-state index in [9.17, 15) is 10.1 Å². The number of para-hydroxylation sites is 1. The van der Waals surface area contributed by atoms with Crippen molar-refractivity contribution in [2.75, 3.05) is 0 Å². The Morgan fingerprint density at radius 3 is 2.80 bits per heavy atom. The number of pyridine rings is 1. The Bertz CT molecular complexity index is 1050. The Kier molecular flexibility index (Phi) is 3.36. The van der Waals surface area contributed by atoms with Gasteiger partial charge in [0.1, 0.15) is 5.92 Å². The highest BCUT2D eigenvalue weighted by molar-refractivity contribution is 6.01. The maximum Gasteiger partial charge on any atom is 0.228 e. The first kappa shape index (κ1) is 15.1. The van der Waals surface area contributed by atoms with E-state index in [1.54, 1.807) is 23.0 Å². The molecular formula is C19H14N4O2. The first-order valence-corrected chi connectivity index (χ1v) is 7.83. The fourth-order valence-electron chi connectivity index (χ4n) is 3.48. The number of hydrogen-bond acceptors (Lipinski definition) is 5. The average Bonchev–Trinajstić information content (AvgIpc) is 2.95. The van der Waals surface area contributed by atoms with Gasteiger partial charge in [0, 0.05) is 24.7 Å². The Morgan fingerprint density at radius 2 is 2.12 bits per heavy atom. The monoisotopic (exact) mass is 330 g/mol. The molecular weight excluding hydrogens is 316 g/mol. The summed E-state index contributed by atoms with van der Waals surface area (Å²) >= 11 is 0. The molecule has 6 heteroatoms. The van der Waals surface area contributed by atoms with Gasteiger partial charge in [0.05, 0.1) is 23.2 Å². The molecule has 1 aliphatic heterocycles. The van der Waals surface area contributed by atoms with Crippen LogP contribution in [0.2, 0.25) is 0 Å². The number of ether oxygens (including phenoxy) is 1. The molecule has 6 nitrogen and oxygen atoms in total. The number of nitrogens with one attached hydrogen (secondary N) is 1. The van der Waals surface area contributed by atoms with Crippen molar-refractivity contribution >= 4 is 22.7 Å². The van der Waals surface area contributed by atoms with E-state index in [0.717, 1.165) is 10.9 Å². The third-order valence-corrected chi connectivity index (χ3v) is 4.48. The second-order valence-corrected chi connectivity index (χ2v) is 5.92. The van der Waals surface area contributed by atoms with Crippen LogP contribution >= 0.6 is 0 Å². The lowest BCUT2D eigenvalue weighted by Gasteiger charge is -2.29. The van der Waals surface area contributed by atoms with Crippen LogP contribution in [0.15, 0.2) is 48.8 Å². The summed E-state index contributed by atoms with van der Waals surface area (Å²) in [6.07, 6.45) is 3.32. The molecule has 1 N–H and O–H groups in total. The van der Waals surface area contributed by atoms with Crippen LogP contribution in [0.3, 0.4) is 0 Å². The minimum atomic E-state index is -0.820. The summed E-state index contributed by atoms with van der Waals surface area (Å²) in [6, 6.07) is 13.2. The highest BCUT2D eigenvalue weighted by atomic mass is 16.5. The average molecular weight is 330 g/mol. The van der Waals surface area contributed by atoms with Crippen LogP contribution in [0.5, 0.6) is 5.75 Å². The van der Waals surface area contributed by atoms with Gasteiger partial charge in [0.2, 0.25) is 11.8 Å². The Balaban J connectivity index is 2.12. The first-order valence-electron chi connectivity index (χ1n) is 7.83. The number of nitriles is 1. The fraction of sp³-hybridized carbons (Fsp3) is 0.158. The lowest BCUT2D eigenvalue weighted by molar-refractivity contribution is 0.0936. The van der Waals surface area contributed by atoms with E-state index < -0.39 is 11.8 Å². The maximum atomic E-state index is 12.4. The minimum Gasteiger partial charge on any atom is -0.440 e. The highest BCUT2D eigenvalue weighted by Crippen LogP contribution is 2.47. The van der Waals surface area contributed by atoms with Gasteiger partial charge in [-0.3, -0.25) is 19.8 Å². The van der Waals surface area contributed by atoms with Crippen LogP contribution in [0.4, 0.5) is 0 Å². The zero-order valence-corrected chi connectivity index (χ0v) is 13.4. The molecule has 3 heterocycles. The van der Waals surface area contributed by atoms with Gasteiger partial charge < -0.3 is 4.74 Å². The number of aromatic nitrogens is 2. The zero-order valence-electron chi connectivity index (χ0n) is 13.4. The second kappa shape index (κ2) is 5.56. The van der Waals surface area contributed by atoms with E-state index in [2.05, 4.69) is 11.1 Å². The van der Waals surface area contributed by atoms with E-state index in [4.69, 9.17) is 10.1 Å². The number of nitrogens with zero attached hydrogens (tertiary/aromatic N) is 3. The van der Waals surface area contributed by atoms with E-state index in [1.807, 2.05) is 30.3 Å². The number of carbonyl (C=O) groups is 1. The van der Waals surface area contributed by atoms with Crippen molar-refractivity contribution < 1.29 is 9.53 Å². The summed E-state index contributed by atoms with van der Waals surface area (Å²) in [5.74, 6) is -1.13. The molecule has 0 saturated carbocycles. The van der Waals surface area contributed by atoms with Crippen molar-refractivity contribution in [1.82, 2.24) is 9.55 Å². The second-order valence-electron chi connectivity index (χ2n) is 5.92. The number of rotatable bonds is 1. The predicted molar refractivity (Wildman–Crippen MR) is 91.8 cm³/mol. The number of fused-ring (bicyclic) bond motifs is 3. The summed E-state index contributed by atoms with van der Waals surface area (Å²) in [5, 5.41) is 18.6. The van der Waals surface area contributed by atoms with Crippen LogP contribution in [0.1, 0.15) is 28.9 Å². The zero-order chi connectivity index (χ0) is 17.6. The topological polar surface area (TPSA) is 91.8 Å². The molecule has 0 fully saturated rings. The van der Waals surface area contributed by atoms with Gasteiger partial charge in [0.15, 0.2) is 5.75 Å². The molecule has 1 aromatic carbocycles. The molecule has 0 radical (unpaired) electrons. The van der Waals surface area contributed by atoms with Crippen molar-refractivity contribution in [2.45, 2.75) is 12.8 Å². The van der Waals surface area contributed by atoms with Crippen molar-refractivity contribution in [1.29, 1.82) is 10.7 Å². The van der Waals surface area contributed by atoms with Crippen molar-refractivity contribution in [2.24, 2.45) is 5.92 Å². The van der Waals surface area contributed by atoms with Crippen molar-refractivity contribution in [3.8, 4) is 11.8 Å². The number of benzene rings is 1. The minimum absolute atomic E-state index is 0.115. The summed E-state index contributed by atoms with van der Waals surface area (Å²) in [4.78, 5) is 16.5. The van der Waals surface area contributed by atoms with Gasteiger partial charge in [-0.1, -0.05) is 18.2 Å². The normalized spacial score (nSPS) is 19.1. The quantitative estimate of drug-likeness (QED) is 0.740. The highest BCUT2D eigenvalue weighted by Gasteiger charge is 2.41. The molecule has 25 heavy (non-hydrogen) atoms. The van der Waals surface area contributed by atoms with Crippen molar-refractivity contribution in [3.05, 3.63) is 60.0 Å². The Morgan fingerprint density at radius 1 is 1.32 bits per heavy atom. The van der Waals surface area contributed by atoms with Crippen LogP contribution in [-0.4, -0.2) is 21.4 Å². The summed E-state index contributed by atoms with van der Waals surface area (Å²) in [6.45, 7) is 1.48. The molecule has 0 spiro atoms. The lowest BCUT2D eigenvalue weighted by Crippen LogP contribution is -2.32. The van der Waals surface area contributed by atoms with E-state index >= 15 is 0 Å². The van der Waals surface area contributed by atoms with Gasteiger partial charge in [0.25, 0.3) is 0 Å². The number of carbonyl (C=O) groups excluding carboxylic acids is 1. The molecule has 1 aliphatic rings. The van der Waals surface area contributed by atoms with Gasteiger partial charge in [-0.2, -0.15) is 5.26 Å². The standard InChI is InChI=1S/C19H14N4O2/c1-11(24)23-15-7-3-2-6-13(15)18-17(23)16(12-5-4-8-22-10-12)14(9-20)19(21)25-18/h2-8,10,14,16,21H,1H3. The molecule has 0 aliphatic carbocycles. The van der Waals surface area contributed by atoms with Gasteiger partial charge in [-0.15, -0.1) is 0 Å². The first-order chi connectivity index (χ1) is 12.1. The number of hydrogen-bond donors (Lipinski definition) is 1. The Labute approximate surface area is 143 Å². The summed E-state index contributed by atoms with van der Waals surface area (Å²) in [5.41, 5.74) is 2.08. The molecule has 2 aromatic heterocycles. The van der Waals surface area contributed by atoms with E-state index in [-0.39, 0.29) is 11.8 Å². The third kappa shape index (κ3) is 2.13. The molecule has 3 aromatic rings. The lowest BCUT2D eigenvalue weighted by atomic mass is 9.82. The van der Waals surface area contributed by atoms with E-state index in [0.29, 0.717) is 17.0 Å². The van der Waals surface area contributed by atoms with E-state index in [1.165, 1.54) is 6.92 Å². The fourth-order valence-corrected chi connectivity index (χ4v) is 3.48. The molecule has 2 atom stereocenters. The molecule has 4 rings (SSSR count). The molecule has 0 saturated heterocycles. The van der Waals surface area contributed by atoms with Gasteiger partial charge in [-0.25, -0.2) is 0 Å². The predicted octanol–water partition coefficient (Wildman–Crippen LogP) is 3.34. The van der Waals surface area contributed by atoms with Crippen LogP contribution in [0.25, 0.3) is 10.9 Å². The summed E-state index contributed by atoms with van der Waals surface area (Å²) < 4.78 is 7.28. The van der Waals surface area contributed by atoms with Crippen LogP contribution < -0.4 is 4.74 Å². The molecule has 0 bridgehead atoms. The summed E-state index contributed by atoms with van der Waals surface area (Å²) in [7, 11) is 0. The van der Waals surface area contributed by atoms with Crippen molar-refractivity contribution in [3.63, 3.8) is 0 Å². The maximum absolute atomic E-state index is 12.4. The third-order valence-electron chi connectivity index (χ3n) is 4.48. The largest absolute Gasteiger partial charge is 0.440 e. The smallest absolute Gasteiger partial charge is 0.228 e.